The molecule has 2 atom stereocenters. The molecule has 0 aliphatic carbocycles. The Bertz CT molecular complexity index is 552. The second-order valence-corrected chi connectivity index (χ2v) is 6.13. The summed E-state index contributed by atoms with van der Waals surface area (Å²) in [4.78, 5) is 23.9. The fraction of sp³-hybridized carbons (Fsp3) is 0.462. The van der Waals surface area contributed by atoms with Crippen molar-refractivity contribution in [1.29, 1.82) is 0 Å². The standard InChI is InChI=1S/C13H14BrFN2O3/c1-8-4-5-16(7-11(8)14)13(18)10-3-2-9(17(19)20)6-12(10)15/h2-3,6,8,11H,4-5,7H2,1H3. The first-order chi connectivity index (χ1) is 9.40. The van der Waals surface area contributed by atoms with E-state index in [2.05, 4.69) is 22.9 Å². The number of nitro groups is 1. The summed E-state index contributed by atoms with van der Waals surface area (Å²) in [7, 11) is 0. The fourth-order valence-electron chi connectivity index (χ4n) is 2.17. The molecular formula is C13H14BrFN2O3. The van der Waals surface area contributed by atoms with E-state index in [0.717, 1.165) is 18.6 Å². The van der Waals surface area contributed by atoms with Gasteiger partial charge >= 0.3 is 0 Å². The van der Waals surface area contributed by atoms with Crippen LogP contribution < -0.4 is 0 Å². The van der Waals surface area contributed by atoms with Crippen molar-refractivity contribution >= 4 is 27.5 Å². The molecule has 1 saturated heterocycles. The number of amides is 1. The Kier molecular flexibility index (Phi) is 4.37. The second kappa shape index (κ2) is 5.87. The minimum absolute atomic E-state index is 0.121. The summed E-state index contributed by atoms with van der Waals surface area (Å²) in [5, 5.41) is 10.6. The Morgan fingerprint density at radius 2 is 2.25 bits per heavy atom. The SMILES string of the molecule is CC1CCN(C(=O)c2ccc([N+](=O)[O-])cc2F)CC1Br. The molecule has 0 saturated carbocycles. The highest BCUT2D eigenvalue weighted by Crippen LogP contribution is 2.25. The lowest BCUT2D eigenvalue weighted by Gasteiger charge is -2.34. The molecule has 7 heteroatoms. The number of nitrogens with zero attached hydrogens (tertiary/aromatic N) is 2. The topological polar surface area (TPSA) is 63.5 Å². The summed E-state index contributed by atoms with van der Waals surface area (Å²) in [6, 6.07) is 3.11. The maximum atomic E-state index is 13.8. The van der Waals surface area contributed by atoms with Gasteiger partial charge in [-0.15, -0.1) is 0 Å². The molecule has 1 aromatic carbocycles. The average molecular weight is 345 g/mol. The summed E-state index contributed by atoms with van der Waals surface area (Å²) < 4.78 is 13.8. The number of nitro benzene ring substituents is 1. The quantitative estimate of drug-likeness (QED) is 0.470. The first kappa shape index (κ1) is 14.9. The maximum Gasteiger partial charge on any atom is 0.272 e. The highest BCUT2D eigenvalue weighted by atomic mass is 79.9. The maximum absolute atomic E-state index is 13.8. The molecule has 1 fully saturated rings. The molecule has 20 heavy (non-hydrogen) atoms. The number of likely N-dealkylation sites (tertiary alicyclic amines) is 1. The van der Waals surface area contributed by atoms with Crippen LogP contribution in [0.25, 0.3) is 0 Å². The van der Waals surface area contributed by atoms with E-state index in [1.165, 1.54) is 6.07 Å². The average Bonchev–Trinajstić information content (AvgIpc) is 2.41. The van der Waals surface area contributed by atoms with Crippen LogP contribution in [0.2, 0.25) is 0 Å². The predicted octanol–water partition coefficient (Wildman–Crippen LogP) is 2.98. The third-order valence-electron chi connectivity index (χ3n) is 3.55. The number of alkyl halides is 1. The molecule has 1 aromatic rings. The molecule has 0 spiro atoms. The molecule has 2 unspecified atom stereocenters. The number of non-ortho nitro benzene ring substituents is 1. The normalized spacial score (nSPS) is 22.6. The van der Waals surface area contributed by atoms with Crippen molar-refractivity contribution in [2.24, 2.45) is 5.92 Å². The van der Waals surface area contributed by atoms with Crippen molar-refractivity contribution in [2.75, 3.05) is 13.1 Å². The molecule has 1 heterocycles. The minimum Gasteiger partial charge on any atom is -0.337 e. The largest absolute Gasteiger partial charge is 0.337 e. The molecule has 108 valence electrons. The van der Waals surface area contributed by atoms with Gasteiger partial charge in [0.2, 0.25) is 0 Å². The third kappa shape index (κ3) is 2.98. The van der Waals surface area contributed by atoms with Gasteiger partial charge in [-0.25, -0.2) is 4.39 Å². The molecule has 0 N–H and O–H groups in total. The van der Waals surface area contributed by atoms with Crippen LogP contribution in [0, 0.1) is 21.8 Å². The molecule has 0 aromatic heterocycles. The van der Waals surface area contributed by atoms with Gasteiger partial charge in [-0.2, -0.15) is 0 Å². The minimum atomic E-state index is -0.853. The highest BCUT2D eigenvalue weighted by Gasteiger charge is 2.29. The summed E-state index contributed by atoms with van der Waals surface area (Å²) >= 11 is 3.51. The third-order valence-corrected chi connectivity index (χ3v) is 4.74. The number of benzene rings is 1. The zero-order valence-corrected chi connectivity index (χ0v) is 12.5. The molecule has 1 aliphatic rings. The van der Waals surface area contributed by atoms with Crippen molar-refractivity contribution in [3.63, 3.8) is 0 Å². The van der Waals surface area contributed by atoms with Gasteiger partial charge in [-0.1, -0.05) is 22.9 Å². The van der Waals surface area contributed by atoms with E-state index < -0.39 is 16.6 Å². The highest BCUT2D eigenvalue weighted by molar-refractivity contribution is 9.09. The van der Waals surface area contributed by atoms with Gasteiger partial charge < -0.3 is 4.90 Å². The number of hydrogen-bond donors (Lipinski definition) is 0. The lowest BCUT2D eigenvalue weighted by Crippen LogP contribution is -2.43. The predicted molar refractivity (Wildman–Crippen MR) is 75.5 cm³/mol. The van der Waals surface area contributed by atoms with Gasteiger partial charge in [0.15, 0.2) is 0 Å². The van der Waals surface area contributed by atoms with E-state index in [0.29, 0.717) is 19.0 Å². The molecular weight excluding hydrogens is 331 g/mol. The summed E-state index contributed by atoms with van der Waals surface area (Å²) in [6.45, 7) is 3.17. The van der Waals surface area contributed by atoms with E-state index >= 15 is 0 Å². The van der Waals surface area contributed by atoms with Crippen molar-refractivity contribution < 1.29 is 14.1 Å². The Morgan fingerprint density at radius 1 is 1.55 bits per heavy atom. The first-order valence-corrected chi connectivity index (χ1v) is 7.19. The number of carbonyl (C=O) groups excluding carboxylic acids is 1. The van der Waals surface area contributed by atoms with Crippen LogP contribution >= 0.6 is 15.9 Å². The molecule has 2 rings (SSSR count). The molecule has 1 aliphatic heterocycles. The number of halogens is 2. The molecule has 0 radical (unpaired) electrons. The van der Waals surface area contributed by atoms with Gasteiger partial charge in [0.25, 0.3) is 11.6 Å². The number of hydrogen-bond acceptors (Lipinski definition) is 3. The van der Waals surface area contributed by atoms with Crippen LogP contribution in [0.4, 0.5) is 10.1 Å². The van der Waals surface area contributed by atoms with E-state index in [9.17, 15) is 19.3 Å². The lowest BCUT2D eigenvalue weighted by atomic mass is 9.98. The summed E-state index contributed by atoms with van der Waals surface area (Å²) in [5.41, 5.74) is -0.477. The number of rotatable bonds is 2. The van der Waals surface area contributed by atoms with E-state index in [4.69, 9.17) is 0 Å². The van der Waals surface area contributed by atoms with Gasteiger partial charge in [0.05, 0.1) is 16.6 Å². The fourth-order valence-corrected chi connectivity index (χ4v) is 2.78. The van der Waals surface area contributed by atoms with Gasteiger partial charge in [0.1, 0.15) is 5.82 Å². The van der Waals surface area contributed by atoms with E-state index in [1.54, 1.807) is 4.90 Å². The zero-order valence-electron chi connectivity index (χ0n) is 10.9. The number of carbonyl (C=O) groups is 1. The Balaban J connectivity index is 2.19. The van der Waals surface area contributed by atoms with Crippen LogP contribution in [0.1, 0.15) is 23.7 Å². The van der Waals surface area contributed by atoms with E-state index in [1.807, 2.05) is 0 Å². The monoisotopic (exact) mass is 344 g/mol. The first-order valence-electron chi connectivity index (χ1n) is 6.27. The second-order valence-electron chi connectivity index (χ2n) is 4.95. The van der Waals surface area contributed by atoms with Crippen LogP contribution in [0.15, 0.2) is 18.2 Å². The molecule has 5 nitrogen and oxygen atoms in total. The van der Waals surface area contributed by atoms with Crippen LogP contribution in [-0.2, 0) is 0 Å². The molecule has 0 bridgehead atoms. The molecule has 1 amide bonds. The zero-order chi connectivity index (χ0) is 14.9. The van der Waals surface area contributed by atoms with E-state index in [-0.39, 0.29) is 16.1 Å². The van der Waals surface area contributed by atoms with Gasteiger partial charge in [-0.05, 0) is 18.4 Å². The van der Waals surface area contributed by atoms with Crippen molar-refractivity contribution in [2.45, 2.75) is 18.2 Å². The van der Waals surface area contributed by atoms with Crippen molar-refractivity contribution in [1.82, 2.24) is 4.90 Å². The van der Waals surface area contributed by atoms with Crippen LogP contribution in [0.5, 0.6) is 0 Å². The van der Waals surface area contributed by atoms with Crippen LogP contribution in [-0.4, -0.2) is 33.6 Å². The summed E-state index contributed by atoms with van der Waals surface area (Å²) in [5.74, 6) is -0.816. The van der Waals surface area contributed by atoms with Crippen LogP contribution in [0.3, 0.4) is 0 Å². The van der Waals surface area contributed by atoms with Gasteiger partial charge in [0, 0.05) is 24.0 Å². The summed E-state index contributed by atoms with van der Waals surface area (Å²) in [6.07, 6.45) is 0.844. The van der Waals surface area contributed by atoms with Crippen molar-refractivity contribution in [3.8, 4) is 0 Å². The number of piperidine rings is 1. The lowest BCUT2D eigenvalue weighted by molar-refractivity contribution is -0.385. The Morgan fingerprint density at radius 3 is 2.80 bits per heavy atom. The van der Waals surface area contributed by atoms with Gasteiger partial charge in [-0.3, -0.25) is 14.9 Å². The Labute approximate surface area is 124 Å². The smallest absolute Gasteiger partial charge is 0.272 e. The van der Waals surface area contributed by atoms with Crippen molar-refractivity contribution in [3.05, 3.63) is 39.7 Å². The Hall–Kier alpha value is -1.50.